The Bertz CT molecular complexity index is 910. The number of nitrogens with zero attached hydrogens (tertiary/aromatic N) is 3. The second-order valence-corrected chi connectivity index (χ2v) is 8.90. The molecule has 7 heteroatoms. The molecular formula is C23H35N5O2. The normalized spacial score (nSPS) is 23.2. The SMILES string of the molecule is CCC(CC)Nc1ncc2c(=O)n(C3CCNCC3)cc([C@H]3CC[C@H](O)CC3)c2n1. The molecule has 3 N–H and O–H groups in total. The van der Waals surface area contributed by atoms with Crippen molar-refractivity contribution in [2.45, 2.75) is 89.3 Å². The highest BCUT2D eigenvalue weighted by Crippen LogP contribution is 2.36. The van der Waals surface area contributed by atoms with Crippen molar-refractivity contribution < 1.29 is 5.11 Å². The van der Waals surface area contributed by atoms with Crippen molar-refractivity contribution in [1.82, 2.24) is 19.9 Å². The maximum Gasteiger partial charge on any atom is 0.261 e. The van der Waals surface area contributed by atoms with Crippen LogP contribution in [0.25, 0.3) is 10.9 Å². The van der Waals surface area contributed by atoms with Crippen LogP contribution in [-0.2, 0) is 0 Å². The number of rotatable bonds is 6. The van der Waals surface area contributed by atoms with Gasteiger partial charge < -0.3 is 20.3 Å². The molecule has 0 atom stereocenters. The summed E-state index contributed by atoms with van der Waals surface area (Å²) >= 11 is 0. The van der Waals surface area contributed by atoms with Gasteiger partial charge in [0.05, 0.1) is 17.0 Å². The highest BCUT2D eigenvalue weighted by molar-refractivity contribution is 5.81. The molecule has 1 saturated heterocycles. The van der Waals surface area contributed by atoms with E-state index in [4.69, 9.17) is 4.98 Å². The van der Waals surface area contributed by atoms with Gasteiger partial charge in [0.1, 0.15) is 0 Å². The van der Waals surface area contributed by atoms with Crippen molar-refractivity contribution in [3.05, 3.63) is 28.3 Å². The van der Waals surface area contributed by atoms with Gasteiger partial charge in [-0.25, -0.2) is 9.97 Å². The first-order valence-corrected chi connectivity index (χ1v) is 11.7. The van der Waals surface area contributed by atoms with Crippen LogP contribution in [0.5, 0.6) is 0 Å². The summed E-state index contributed by atoms with van der Waals surface area (Å²) < 4.78 is 1.95. The number of aromatic nitrogens is 3. The van der Waals surface area contributed by atoms with E-state index < -0.39 is 0 Å². The van der Waals surface area contributed by atoms with Crippen LogP contribution in [-0.4, -0.2) is 44.9 Å². The van der Waals surface area contributed by atoms with Gasteiger partial charge in [0.25, 0.3) is 5.56 Å². The van der Waals surface area contributed by atoms with E-state index in [-0.39, 0.29) is 17.7 Å². The number of pyridine rings is 1. The van der Waals surface area contributed by atoms with E-state index in [9.17, 15) is 9.90 Å². The van der Waals surface area contributed by atoms with E-state index in [1.54, 1.807) is 6.20 Å². The molecule has 0 bridgehead atoms. The lowest BCUT2D eigenvalue weighted by molar-refractivity contribution is 0.122. The van der Waals surface area contributed by atoms with Crippen LogP contribution < -0.4 is 16.2 Å². The van der Waals surface area contributed by atoms with Crippen LogP contribution in [0.3, 0.4) is 0 Å². The number of hydrogen-bond donors (Lipinski definition) is 3. The molecule has 2 aromatic heterocycles. The topological polar surface area (TPSA) is 92.1 Å². The van der Waals surface area contributed by atoms with E-state index in [1.807, 2.05) is 4.57 Å². The van der Waals surface area contributed by atoms with Crippen LogP contribution in [0, 0.1) is 0 Å². The van der Waals surface area contributed by atoms with Gasteiger partial charge in [0.15, 0.2) is 0 Å². The summed E-state index contributed by atoms with van der Waals surface area (Å²) in [6.07, 6.45) is 11.0. The minimum atomic E-state index is -0.204. The minimum Gasteiger partial charge on any atom is -0.393 e. The second-order valence-electron chi connectivity index (χ2n) is 8.90. The fraction of sp³-hybridized carbons (Fsp3) is 0.696. The van der Waals surface area contributed by atoms with Gasteiger partial charge in [-0.1, -0.05) is 13.8 Å². The molecule has 0 amide bonds. The first kappa shape index (κ1) is 21.2. The summed E-state index contributed by atoms with van der Waals surface area (Å²) in [5, 5.41) is 17.4. The molecule has 164 valence electrons. The van der Waals surface area contributed by atoms with E-state index in [0.29, 0.717) is 23.3 Å². The first-order chi connectivity index (χ1) is 14.6. The van der Waals surface area contributed by atoms with E-state index >= 15 is 0 Å². The second kappa shape index (κ2) is 9.43. The summed E-state index contributed by atoms with van der Waals surface area (Å²) in [5.41, 5.74) is 1.95. The maximum absolute atomic E-state index is 13.4. The molecule has 2 fully saturated rings. The van der Waals surface area contributed by atoms with E-state index in [1.165, 1.54) is 0 Å². The van der Waals surface area contributed by atoms with Crippen molar-refractivity contribution in [2.75, 3.05) is 18.4 Å². The van der Waals surface area contributed by atoms with Crippen LogP contribution in [0.2, 0.25) is 0 Å². The minimum absolute atomic E-state index is 0.0191. The Morgan fingerprint density at radius 3 is 2.53 bits per heavy atom. The molecule has 2 aliphatic rings. The average molecular weight is 414 g/mol. The number of piperidine rings is 1. The molecular weight excluding hydrogens is 378 g/mol. The van der Waals surface area contributed by atoms with Crippen molar-refractivity contribution in [1.29, 1.82) is 0 Å². The van der Waals surface area contributed by atoms with Crippen molar-refractivity contribution in [2.24, 2.45) is 0 Å². The third kappa shape index (κ3) is 4.37. The highest BCUT2D eigenvalue weighted by atomic mass is 16.3. The molecule has 30 heavy (non-hydrogen) atoms. The highest BCUT2D eigenvalue weighted by Gasteiger charge is 2.26. The molecule has 2 aromatic rings. The summed E-state index contributed by atoms with van der Waals surface area (Å²) in [7, 11) is 0. The quantitative estimate of drug-likeness (QED) is 0.673. The summed E-state index contributed by atoms with van der Waals surface area (Å²) in [5.74, 6) is 0.924. The van der Waals surface area contributed by atoms with Gasteiger partial charge in [0.2, 0.25) is 5.95 Å². The first-order valence-electron chi connectivity index (χ1n) is 11.7. The van der Waals surface area contributed by atoms with Crippen molar-refractivity contribution >= 4 is 16.9 Å². The molecule has 3 heterocycles. The lowest BCUT2D eigenvalue weighted by atomic mass is 9.82. The Labute approximate surface area is 178 Å². The third-order valence-corrected chi connectivity index (χ3v) is 6.96. The van der Waals surface area contributed by atoms with E-state index in [0.717, 1.165) is 75.5 Å². The monoisotopic (exact) mass is 413 g/mol. The average Bonchev–Trinajstić information content (AvgIpc) is 2.79. The molecule has 4 rings (SSSR count). The Morgan fingerprint density at radius 1 is 1.17 bits per heavy atom. The Hall–Kier alpha value is -1.99. The standard InChI is InChI=1S/C23H35N5O2/c1-3-16(4-2)26-23-25-13-19-21(27-23)20(15-5-7-18(29)8-6-15)14-28(22(19)30)17-9-11-24-12-10-17/h13-18,24,29H,3-12H2,1-2H3,(H,25,26,27)/t15-,18-. The number of fused-ring (bicyclic) bond motifs is 1. The molecule has 1 aliphatic carbocycles. The molecule has 7 nitrogen and oxygen atoms in total. The maximum atomic E-state index is 13.4. The zero-order valence-corrected chi connectivity index (χ0v) is 18.2. The molecule has 0 unspecified atom stereocenters. The summed E-state index contributed by atoms with van der Waals surface area (Å²) in [4.78, 5) is 22.7. The molecule has 1 aliphatic heterocycles. The van der Waals surface area contributed by atoms with Crippen LogP contribution in [0.15, 0.2) is 17.2 Å². The van der Waals surface area contributed by atoms with Gasteiger partial charge in [-0.3, -0.25) is 4.79 Å². The smallest absolute Gasteiger partial charge is 0.261 e. The van der Waals surface area contributed by atoms with Crippen molar-refractivity contribution in [3.8, 4) is 0 Å². The van der Waals surface area contributed by atoms with Crippen LogP contribution in [0.1, 0.15) is 82.7 Å². The Morgan fingerprint density at radius 2 is 1.87 bits per heavy atom. The number of anilines is 1. The molecule has 0 spiro atoms. The molecule has 1 saturated carbocycles. The van der Waals surface area contributed by atoms with E-state index in [2.05, 4.69) is 35.7 Å². The molecule has 0 radical (unpaired) electrons. The number of hydrogen-bond acceptors (Lipinski definition) is 6. The van der Waals surface area contributed by atoms with Crippen LogP contribution in [0.4, 0.5) is 5.95 Å². The van der Waals surface area contributed by atoms with Gasteiger partial charge in [0, 0.05) is 24.5 Å². The number of aliphatic hydroxyl groups excluding tert-OH is 1. The van der Waals surface area contributed by atoms with Gasteiger partial charge in [-0.15, -0.1) is 0 Å². The number of aliphatic hydroxyl groups is 1. The van der Waals surface area contributed by atoms with Gasteiger partial charge >= 0.3 is 0 Å². The fourth-order valence-corrected chi connectivity index (χ4v) is 4.95. The summed E-state index contributed by atoms with van der Waals surface area (Å²) in [6.45, 7) is 6.18. The predicted octanol–water partition coefficient (Wildman–Crippen LogP) is 3.34. The number of nitrogens with one attached hydrogen (secondary N) is 2. The lowest BCUT2D eigenvalue weighted by Gasteiger charge is -2.29. The van der Waals surface area contributed by atoms with Gasteiger partial charge in [-0.2, -0.15) is 0 Å². The largest absolute Gasteiger partial charge is 0.393 e. The lowest BCUT2D eigenvalue weighted by Crippen LogP contribution is -2.35. The van der Waals surface area contributed by atoms with Gasteiger partial charge in [-0.05, 0) is 75.9 Å². The Kier molecular flexibility index (Phi) is 6.68. The fourth-order valence-electron chi connectivity index (χ4n) is 4.95. The zero-order chi connectivity index (χ0) is 21.1. The molecule has 0 aromatic carbocycles. The third-order valence-electron chi connectivity index (χ3n) is 6.96. The summed E-state index contributed by atoms with van der Waals surface area (Å²) in [6, 6.07) is 0.546. The zero-order valence-electron chi connectivity index (χ0n) is 18.2. The Balaban J connectivity index is 1.79. The van der Waals surface area contributed by atoms with Crippen molar-refractivity contribution in [3.63, 3.8) is 0 Å². The van der Waals surface area contributed by atoms with Crippen LogP contribution >= 0.6 is 0 Å². The predicted molar refractivity (Wildman–Crippen MR) is 120 cm³/mol.